The SMILES string of the molecule is CC(C)OCCCn1c(SCC(=O)N2CCOCC2)nc2ccccc2c1=O. The first-order valence-corrected chi connectivity index (χ1v) is 10.6. The van der Waals surface area contributed by atoms with Gasteiger partial charge in [0.2, 0.25) is 5.91 Å². The van der Waals surface area contributed by atoms with Crippen molar-refractivity contribution in [1.82, 2.24) is 14.5 Å². The number of hydrogen-bond donors (Lipinski definition) is 0. The zero-order chi connectivity index (χ0) is 19.9. The number of nitrogens with zero attached hydrogens (tertiary/aromatic N) is 3. The van der Waals surface area contributed by atoms with Crippen LogP contribution in [0.4, 0.5) is 0 Å². The van der Waals surface area contributed by atoms with Gasteiger partial charge in [-0.2, -0.15) is 0 Å². The van der Waals surface area contributed by atoms with Gasteiger partial charge in [-0.05, 0) is 32.4 Å². The van der Waals surface area contributed by atoms with E-state index in [4.69, 9.17) is 9.47 Å². The second kappa shape index (κ2) is 10.0. The van der Waals surface area contributed by atoms with Crippen LogP contribution in [0, 0.1) is 0 Å². The van der Waals surface area contributed by atoms with E-state index < -0.39 is 0 Å². The molecular weight excluding hydrogens is 378 g/mol. The number of carbonyl (C=O) groups is 1. The molecule has 1 fully saturated rings. The smallest absolute Gasteiger partial charge is 0.262 e. The summed E-state index contributed by atoms with van der Waals surface area (Å²) in [5, 5.41) is 1.17. The lowest BCUT2D eigenvalue weighted by atomic mass is 10.2. The molecule has 0 saturated carbocycles. The van der Waals surface area contributed by atoms with Crippen LogP contribution in [-0.4, -0.2) is 65.1 Å². The minimum absolute atomic E-state index is 0.0467. The van der Waals surface area contributed by atoms with Gasteiger partial charge in [-0.25, -0.2) is 4.98 Å². The summed E-state index contributed by atoms with van der Waals surface area (Å²) in [6.45, 7) is 7.44. The molecule has 1 aliphatic heterocycles. The summed E-state index contributed by atoms with van der Waals surface area (Å²) in [5.41, 5.74) is 0.583. The molecule has 7 nitrogen and oxygen atoms in total. The van der Waals surface area contributed by atoms with Crippen molar-refractivity contribution in [3.8, 4) is 0 Å². The van der Waals surface area contributed by atoms with Gasteiger partial charge in [0.25, 0.3) is 5.56 Å². The number of rotatable bonds is 8. The molecule has 28 heavy (non-hydrogen) atoms. The Morgan fingerprint density at radius 2 is 2.04 bits per heavy atom. The molecule has 3 rings (SSSR count). The van der Waals surface area contributed by atoms with Crippen LogP contribution in [-0.2, 0) is 20.8 Å². The number of carbonyl (C=O) groups excluding carboxylic acids is 1. The molecule has 0 radical (unpaired) electrons. The van der Waals surface area contributed by atoms with E-state index in [0.717, 1.165) is 0 Å². The normalized spacial score (nSPS) is 14.8. The number of amides is 1. The van der Waals surface area contributed by atoms with Crippen LogP contribution in [0.5, 0.6) is 0 Å². The number of hydrogen-bond acceptors (Lipinski definition) is 6. The van der Waals surface area contributed by atoms with Gasteiger partial charge in [-0.1, -0.05) is 23.9 Å². The zero-order valence-corrected chi connectivity index (χ0v) is 17.2. The molecule has 1 saturated heterocycles. The Morgan fingerprint density at radius 3 is 2.79 bits per heavy atom. The molecule has 0 spiro atoms. The summed E-state index contributed by atoms with van der Waals surface area (Å²) in [7, 11) is 0. The fourth-order valence-electron chi connectivity index (χ4n) is 3.03. The number of fused-ring (bicyclic) bond motifs is 1. The Labute approximate surface area is 169 Å². The number of para-hydroxylation sites is 1. The average Bonchev–Trinajstić information content (AvgIpc) is 2.71. The third-order valence-corrected chi connectivity index (χ3v) is 5.45. The quantitative estimate of drug-likeness (QED) is 0.381. The molecule has 0 N–H and O–H groups in total. The van der Waals surface area contributed by atoms with Gasteiger partial charge in [0, 0.05) is 26.2 Å². The zero-order valence-electron chi connectivity index (χ0n) is 16.4. The highest BCUT2D eigenvalue weighted by Crippen LogP contribution is 2.19. The van der Waals surface area contributed by atoms with Crippen molar-refractivity contribution in [2.75, 3.05) is 38.7 Å². The topological polar surface area (TPSA) is 73.7 Å². The summed E-state index contributed by atoms with van der Waals surface area (Å²) in [4.78, 5) is 31.9. The lowest BCUT2D eigenvalue weighted by Gasteiger charge is -2.26. The second-order valence-electron chi connectivity index (χ2n) is 6.92. The Bertz CT molecular complexity index is 862. The highest BCUT2D eigenvalue weighted by atomic mass is 32.2. The molecule has 8 heteroatoms. The molecule has 1 aromatic heterocycles. The third-order valence-electron chi connectivity index (χ3n) is 4.49. The minimum Gasteiger partial charge on any atom is -0.379 e. The van der Waals surface area contributed by atoms with Crippen molar-refractivity contribution in [2.24, 2.45) is 0 Å². The van der Waals surface area contributed by atoms with Gasteiger partial charge in [-0.3, -0.25) is 14.2 Å². The number of aromatic nitrogens is 2. The van der Waals surface area contributed by atoms with Crippen LogP contribution in [0.3, 0.4) is 0 Å². The maximum Gasteiger partial charge on any atom is 0.262 e. The Morgan fingerprint density at radius 1 is 1.29 bits per heavy atom. The van der Waals surface area contributed by atoms with E-state index in [1.54, 1.807) is 15.5 Å². The van der Waals surface area contributed by atoms with Gasteiger partial charge in [-0.15, -0.1) is 0 Å². The maximum atomic E-state index is 13.0. The highest BCUT2D eigenvalue weighted by Gasteiger charge is 2.19. The van der Waals surface area contributed by atoms with E-state index in [9.17, 15) is 9.59 Å². The van der Waals surface area contributed by atoms with Crippen molar-refractivity contribution in [3.63, 3.8) is 0 Å². The molecule has 1 amide bonds. The maximum absolute atomic E-state index is 13.0. The Hall–Kier alpha value is -1.90. The predicted octanol–water partition coefficient (Wildman–Crippen LogP) is 2.16. The van der Waals surface area contributed by atoms with E-state index >= 15 is 0 Å². The van der Waals surface area contributed by atoms with Crippen molar-refractivity contribution < 1.29 is 14.3 Å². The molecule has 0 aliphatic carbocycles. The van der Waals surface area contributed by atoms with Gasteiger partial charge in [0.1, 0.15) is 0 Å². The van der Waals surface area contributed by atoms with E-state index in [1.807, 2.05) is 32.0 Å². The van der Waals surface area contributed by atoms with Crippen molar-refractivity contribution in [3.05, 3.63) is 34.6 Å². The predicted molar refractivity (Wildman–Crippen MR) is 110 cm³/mol. The van der Waals surface area contributed by atoms with Crippen LogP contribution in [0.2, 0.25) is 0 Å². The first-order chi connectivity index (χ1) is 13.6. The molecule has 0 unspecified atom stereocenters. The fraction of sp³-hybridized carbons (Fsp3) is 0.550. The van der Waals surface area contributed by atoms with E-state index in [-0.39, 0.29) is 23.3 Å². The summed E-state index contributed by atoms with van der Waals surface area (Å²) in [6, 6.07) is 7.32. The molecule has 2 heterocycles. The van der Waals surface area contributed by atoms with Gasteiger partial charge >= 0.3 is 0 Å². The summed E-state index contributed by atoms with van der Waals surface area (Å²) in [5.74, 6) is 0.304. The summed E-state index contributed by atoms with van der Waals surface area (Å²) >= 11 is 1.32. The first kappa shape index (κ1) is 20.8. The van der Waals surface area contributed by atoms with Crippen LogP contribution in [0.15, 0.2) is 34.2 Å². The van der Waals surface area contributed by atoms with Gasteiger partial charge in [0.15, 0.2) is 5.16 Å². The van der Waals surface area contributed by atoms with Gasteiger partial charge < -0.3 is 14.4 Å². The van der Waals surface area contributed by atoms with Gasteiger partial charge in [0.05, 0.1) is 36.0 Å². The Kier molecular flexibility index (Phi) is 7.47. The first-order valence-electron chi connectivity index (χ1n) is 9.66. The molecule has 1 aromatic carbocycles. The highest BCUT2D eigenvalue weighted by molar-refractivity contribution is 7.99. The number of benzene rings is 1. The van der Waals surface area contributed by atoms with Crippen molar-refractivity contribution in [2.45, 2.75) is 38.1 Å². The van der Waals surface area contributed by atoms with E-state index in [1.165, 1.54) is 11.8 Å². The average molecular weight is 406 g/mol. The molecule has 1 aliphatic rings. The van der Waals surface area contributed by atoms with Crippen LogP contribution in [0.1, 0.15) is 20.3 Å². The largest absolute Gasteiger partial charge is 0.379 e. The third kappa shape index (κ3) is 5.33. The van der Waals surface area contributed by atoms with Crippen LogP contribution >= 0.6 is 11.8 Å². The van der Waals surface area contributed by atoms with Crippen LogP contribution < -0.4 is 5.56 Å². The van der Waals surface area contributed by atoms with Crippen molar-refractivity contribution >= 4 is 28.6 Å². The summed E-state index contributed by atoms with van der Waals surface area (Å²) < 4.78 is 12.6. The standard InChI is InChI=1S/C20H27N3O4S/c1-15(2)27-11-5-8-23-19(25)16-6-3-4-7-17(16)21-20(23)28-14-18(24)22-9-12-26-13-10-22/h3-4,6-7,15H,5,8-14H2,1-2H3. The molecule has 152 valence electrons. The molecular formula is C20H27N3O4S. The number of thioether (sulfide) groups is 1. The minimum atomic E-state index is -0.0727. The van der Waals surface area contributed by atoms with E-state index in [0.29, 0.717) is 61.9 Å². The fourth-order valence-corrected chi connectivity index (χ4v) is 3.96. The number of morpholine rings is 1. The monoisotopic (exact) mass is 405 g/mol. The second-order valence-corrected chi connectivity index (χ2v) is 7.87. The summed E-state index contributed by atoms with van der Waals surface area (Å²) in [6.07, 6.45) is 0.870. The Balaban J connectivity index is 1.77. The lowest BCUT2D eigenvalue weighted by Crippen LogP contribution is -2.41. The number of ether oxygens (including phenoxy) is 2. The molecule has 0 atom stereocenters. The lowest BCUT2D eigenvalue weighted by molar-refractivity contribution is -0.132. The molecule has 0 bridgehead atoms. The van der Waals surface area contributed by atoms with E-state index in [2.05, 4.69) is 4.98 Å². The van der Waals surface area contributed by atoms with Crippen LogP contribution in [0.25, 0.3) is 10.9 Å². The van der Waals surface area contributed by atoms with Crippen molar-refractivity contribution in [1.29, 1.82) is 0 Å². The molecule has 2 aromatic rings.